The van der Waals surface area contributed by atoms with Gasteiger partial charge >= 0.3 is 19.2 Å². The smallest absolute Gasteiger partial charge is 0.402 e. The van der Waals surface area contributed by atoms with Crippen LogP contribution in [-0.4, -0.2) is 37.2 Å². The highest BCUT2D eigenvalue weighted by Crippen LogP contribution is 2.64. The molecule has 9 heteroatoms. The van der Waals surface area contributed by atoms with Crippen LogP contribution in [0.2, 0.25) is 0 Å². The highest BCUT2D eigenvalue weighted by molar-refractivity contribution is 7.55. The van der Waals surface area contributed by atoms with Gasteiger partial charge in [-0.15, -0.1) is 0 Å². The van der Waals surface area contributed by atoms with Gasteiger partial charge < -0.3 is 18.5 Å². The lowest BCUT2D eigenvalue weighted by molar-refractivity contribution is -0.187. The van der Waals surface area contributed by atoms with Crippen molar-refractivity contribution < 1.29 is 36.7 Å². The molecule has 1 saturated heterocycles. The average Bonchev–Trinajstić information content (AvgIpc) is 2.77. The molecule has 0 aliphatic carbocycles. The SMILES string of the molecule is CCOP(=O)(OCC)C(F)(F)[C@H]1CC[C@@H](OC(C)=O)O1. The van der Waals surface area contributed by atoms with Crippen molar-refractivity contribution in [2.24, 2.45) is 0 Å². The van der Waals surface area contributed by atoms with E-state index in [0.717, 1.165) is 6.92 Å². The van der Waals surface area contributed by atoms with Gasteiger partial charge in [0.25, 0.3) is 0 Å². The van der Waals surface area contributed by atoms with Gasteiger partial charge in [0.15, 0.2) is 0 Å². The van der Waals surface area contributed by atoms with Gasteiger partial charge in [0.2, 0.25) is 6.29 Å². The van der Waals surface area contributed by atoms with E-state index in [1.165, 1.54) is 13.8 Å². The van der Waals surface area contributed by atoms with E-state index >= 15 is 0 Å². The molecule has 6 nitrogen and oxygen atoms in total. The molecular formula is C11H19F2O6P. The fourth-order valence-corrected chi connectivity index (χ4v) is 3.50. The summed E-state index contributed by atoms with van der Waals surface area (Å²) in [7, 11) is -4.63. The van der Waals surface area contributed by atoms with Crippen LogP contribution in [0.1, 0.15) is 33.6 Å². The fraction of sp³-hybridized carbons (Fsp3) is 0.909. The summed E-state index contributed by atoms with van der Waals surface area (Å²) in [5.41, 5.74) is -3.80. The summed E-state index contributed by atoms with van der Waals surface area (Å²) in [6.45, 7) is 3.69. The molecule has 1 aliphatic heterocycles. The Morgan fingerprint density at radius 3 is 2.30 bits per heavy atom. The van der Waals surface area contributed by atoms with E-state index < -0.39 is 31.6 Å². The van der Waals surface area contributed by atoms with E-state index in [9.17, 15) is 18.1 Å². The Labute approximate surface area is 116 Å². The lowest BCUT2D eigenvalue weighted by Gasteiger charge is -2.29. The van der Waals surface area contributed by atoms with Crippen molar-refractivity contribution >= 4 is 13.6 Å². The molecule has 0 N–H and O–H groups in total. The maximum atomic E-state index is 14.3. The summed E-state index contributed by atoms with van der Waals surface area (Å²) in [5.74, 6) is -0.628. The number of ether oxygens (including phenoxy) is 2. The van der Waals surface area contributed by atoms with Crippen LogP contribution < -0.4 is 0 Å². The van der Waals surface area contributed by atoms with E-state index in [1.54, 1.807) is 0 Å². The summed E-state index contributed by atoms with van der Waals surface area (Å²) in [6.07, 6.45) is -2.72. The van der Waals surface area contributed by atoms with E-state index in [4.69, 9.17) is 9.47 Å². The first-order chi connectivity index (χ1) is 9.26. The van der Waals surface area contributed by atoms with Gasteiger partial charge in [-0.1, -0.05) is 0 Å². The van der Waals surface area contributed by atoms with Gasteiger partial charge in [0, 0.05) is 13.3 Å². The molecular weight excluding hydrogens is 297 g/mol. The lowest BCUT2D eigenvalue weighted by atomic mass is 10.2. The normalized spacial score (nSPS) is 23.9. The Hall–Kier alpha value is -0.560. The molecule has 0 aromatic carbocycles. The van der Waals surface area contributed by atoms with E-state index in [-0.39, 0.29) is 26.1 Å². The molecule has 0 aromatic rings. The number of esters is 1. The van der Waals surface area contributed by atoms with Gasteiger partial charge in [-0.3, -0.25) is 9.36 Å². The molecule has 1 rings (SSSR count). The minimum atomic E-state index is -4.63. The Balaban J connectivity index is 2.81. The van der Waals surface area contributed by atoms with Crippen LogP contribution in [0.5, 0.6) is 0 Å². The molecule has 0 spiro atoms. The maximum Gasteiger partial charge on any atom is 0.402 e. The van der Waals surface area contributed by atoms with Gasteiger partial charge in [-0.05, 0) is 20.3 Å². The standard InChI is InChI=1S/C11H19F2O6P/c1-4-16-20(15,17-5-2)11(12,13)9-6-7-10(19-9)18-8(3)14/h9-10H,4-7H2,1-3H3/t9-,10+/m1/s1. The number of halogens is 2. The molecule has 0 aromatic heterocycles. The van der Waals surface area contributed by atoms with Crippen LogP contribution >= 0.6 is 7.60 Å². The van der Waals surface area contributed by atoms with Crippen LogP contribution in [0.3, 0.4) is 0 Å². The van der Waals surface area contributed by atoms with Crippen molar-refractivity contribution in [3.05, 3.63) is 0 Å². The monoisotopic (exact) mass is 316 g/mol. The predicted molar refractivity (Wildman–Crippen MR) is 65.5 cm³/mol. The summed E-state index contributed by atoms with van der Waals surface area (Å²) in [6, 6.07) is 0. The van der Waals surface area contributed by atoms with Gasteiger partial charge in [0.1, 0.15) is 6.10 Å². The molecule has 0 unspecified atom stereocenters. The number of rotatable bonds is 7. The number of carbonyl (C=O) groups is 1. The summed E-state index contributed by atoms with van der Waals surface area (Å²) < 4.78 is 59.7. The van der Waals surface area contributed by atoms with Crippen LogP contribution in [-0.2, 0) is 27.9 Å². The summed E-state index contributed by atoms with van der Waals surface area (Å²) in [5, 5.41) is 0. The Morgan fingerprint density at radius 1 is 1.30 bits per heavy atom. The first-order valence-electron chi connectivity index (χ1n) is 6.36. The number of hydrogen-bond donors (Lipinski definition) is 0. The van der Waals surface area contributed by atoms with E-state index in [1.807, 2.05) is 0 Å². The van der Waals surface area contributed by atoms with Crippen LogP contribution in [0.15, 0.2) is 0 Å². The van der Waals surface area contributed by atoms with Crippen LogP contribution in [0.4, 0.5) is 8.78 Å². The van der Waals surface area contributed by atoms with Crippen molar-refractivity contribution in [2.45, 2.75) is 51.7 Å². The largest absolute Gasteiger partial charge is 0.436 e. The summed E-state index contributed by atoms with van der Waals surface area (Å²) in [4.78, 5) is 10.8. The third-order valence-corrected chi connectivity index (χ3v) is 4.84. The van der Waals surface area contributed by atoms with Crippen molar-refractivity contribution in [3.8, 4) is 0 Å². The van der Waals surface area contributed by atoms with E-state index in [0.29, 0.717) is 0 Å². The average molecular weight is 316 g/mol. The van der Waals surface area contributed by atoms with Crippen molar-refractivity contribution in [1.29, 1.82) is 0 Å². The Morgan fingerprint density at radius 2 is 1.85 bits per heavy atom. The molecule has 2 atom stereocenters. The molecule has 1 aliphatic rings. The zero-order valence-corrected chi connectivity index (χ0v) is 12.5. The third kappa shape index (κ3) is 3.75. The lowest BCUT2D eigenvalue weighted by Crippen LogP contribution is -2.35. The quantitative estimate of drug-likeness (QED) is 0.531. The molecule has 0 radical (unpaired) electrons. The number of hydrogen-bond acceptors (Lipinski definition) is 6. The highest BCUT2D eigenvalue weighted by Gasteiger charge is 2.61. The van der Waals surface area contributed by atoms with Gasteiger partial charge in [-0.2, -0.15) is 8.78 Å². The zero-order chi connectivity index (χ0) is 15.4. The highest BCUT2D eigenvalue weighted by atomic mass is 31.2. The summed E-state index contributed by atoms with van der Waals surface area (Å²) >= 11 is 0. The first-order valence-corrected chi connectivity index (χ1v) is 7.90. The van der Waals surface area contributed by atoms with Crippen molar-refractivity contribution in [3.63, 3.8) is 0 Å². The van der Waals surface area contributed by atoms with Crippen molar-refractivity contribution in [1.82, 2.24) is 0 Å². The molecule has 0 saturated carbocycles. The van der Waals surface area contributed by atoms with Crippen LogP contribution in [0, 0.1) is 0 Å². The molecule has 118 valence electrons. The number of alkyl halides is 2. The minimum absolute atomic E-state index is 0.102. The van der Waals surface area contributed by atoms with Crippen molar-refractivity contribution in [2.75, 3.05) is 13.2 Å². The second-order valence-corrected chi connectivity index (χ2v) is 6.27. The number of carbonyl (C=O) groups excluding carboxylic acids is 1. The molecule has 20 heavy (non-hydrogen) atoms. The fourth-order valence-electron chi connectivity index (χ4n) is 1.86. The van der Waals surface area contributed by atoms with Gasteiger partial charge in [0.05, 0.1) is 13.2 Å². The molecule has 1 heterocycles. The zero-order valence-electron chi connectivity index (χ0n) is 11.6. The van der Waals surface area contributed by atoms with E-state index in [2.05, 4.69) is 9.05 Å². The topological polar surface area (TPSA) is 71.1 Å². The molecule has 0 bridgehead atoms. The van der Waals surface area contributed by atoms with Gasteiger partial charge in [-0.25, -0.2) is 0 Å². The first kappa shape index (κ1) is 17.5. The maximum absolute atomic E-state index is 14.3. The Kier molecular flexibility index (Phi) is 6.06. The third-order valence-electron chi connectivity index (χ3n) is 2.63. The molecule has 0 amide bonds. The molecule has 1 fully saturated rings. The predicted octanol–water partition coefficient (Wildman–Crippen LogP) is 2.91. The second kappa shape index (κ2) is 6.93. The Bertz CT molecular complexity index is 379. The second-order valence-electron chi connectivity index (χ2n) is 4.16. The minimum Gasteiger partial charge on any atom is -0.436 e. The van der Waals surface area contributed by atoms with Crippen LogP contribution in [0.25, 0.3) is 0 Å².